The van der Waals surface area contributed by atoms with Crippen LogP contribution >= 0.6 is 7.82 Å². The molecule has 3 rings (SSSR count). The smallest absolute Gasteiger partial charge is 0.469 e. The van der Waals surface area contributed by atoms with Gasteiger partial charge >= 0.3 is 7.82 Å². The zero-order chi connectivity index (χ0) is 21.4. The van der Waals surface area contributed by atoms with Crippen molar-refractivity contribution in [3.05, 3.63) is 12.7 Å². The number of phosphoric ester groups is 1. The van der Waals surface area contributed by atoms with Crippen molar-refractivity contribution in [2.24, 2.45) is 5.73 Å². The lowest BCUT2D eigenvalue weighted by atomic mass is 10.2. The Bertz CT molecular complexity index is 846. The molecule has 3 heterocycles. The van der Waals surface area contributed by atoms with Crippen molar-refractivity contribution in [3.8, 4) is 5.88 Å². The normalized spacial score (nSPS) is 19.6. The Kier molecular flexibility index (Phi) is 8.48. The van der Waals surface area contributed by atoms with E-state index in [1.165, 1.54) is 6.33 Å². The summed E-state index contributed by atoms with van der Waals surface area (Å²) < 4.78 is 39.2. The number of rotatable bonds is 13. The van der Waals surface area contributed by atoms with Crippen molar-refractivity contribution in [2.75, 3.05) is 46.2 Å². The van der Waals surface area contributed by atoms with E-state index in [1.807, 2.05) is 0 Å². The third-order valence-electron chi connectivity index (χ3n) is 4.25. The van der Waals surface area contributed by atoms with E-state index in [2.05, 4.69) is 19.5 Å². The Balaban J connectivity index is 1.51. The lowest BCUT2D eigenvalue weighted by Crippen LogP contribution is -2.16. The summed E-state index contributed by atoms with van der Waals surface area (Å²) in [6, 6.07) is 0. The van der Waals surface area contributed by atoms with Gasteiger partial charge in [-0.25, -0.2) is 14.5 Å². The number of nitrogens with zero attached hydrogens (tertiary/aromatic N) is 4. The number of phosphoric acid groups is 1. The van der Waals surface area contributed by atoms with Crippen LogP contribution in [0.2, 0.25) is 0 Å². The lowest BCUT2D eigenvalue weighted by molar-refractivity contribution is -0.0205. The van der Waals surface area contributed by atoms with Gasteiger partial charge in [0.05, 0.1) is 45.5 Å². The van der Waals surface area contributed by atoms with Gasteiger partial charge in [-0.05, 0) is 12.8 Å². The van der Waals surface area contributed by atoms with E-state index < -0.39 is 13.9 Å². The van der Waals surface area contributed by atoms with Crippen molar-refractivity contribution in [1.29, 1.82) is 0 Å². The molecule has 1 fully saturated rings. The minimum atomic E-state index is -4.53. The molecule has 168 valence electrons. The summed E-state index contributed by atoms with van der Waals surface area (Å²) in [4.78, 5) is 30.4. The molecule has 0 saturated carbocycles. The molecule has 0 aliphatic carbocycles. The van der Waals surface area contributed by atoms with Crippen LogP contribution in [0.15, 0.2) is 12.7 Å². The van der Waals surface area contributed by atoms with Gasteiger partial charge in [-0.15, -0.1) is 0 Å². The molecule has 0 aromatic carbocycles. The maximum atomic E-state index is 10.8. The molecule has 1 aliphatic heterocycles. The van der Waals surface area contributed by atoms with Crippen molar-refractivity contribution >= 4 is 19.0 Å². The lowest BCUT2D eigenvalue weighted by Gasteiger charge is -2.15. The summed E-state index contributed by atoms with van der Waals surface area (Å²) in [6.45, 7) is 2.37. The number of hydrogen-bond acceptors (Lipinski definition) is 10. The molecule has 1 aliphatic rings. The highest BCUT2D eigenvalue weighted by molar-refractivity contribution is 7.46. The Labute approximate surface area is 172 Å². The van der Waals surface area contributed by atoms with E-state index in [0.717, 1.165) is 0 Å². The van der Waals surface area contributed by atoms with Crippen LogP contribution in [0.25, 0.3) is 11.2 Å². The molecule has 2 aromatic heterocycles. The standard InChI is InChI=1S/C16H26N5O8P/c17-3-4-25-5-6-26-7-8-27-16-14-15(18-10-19-16)21(11-20-14)13-2-1-12(29-13)9-28-30(22,23)24/h10-13H,1-9,17H2,(H2,22,23,24)/t12-,13+/m0/s1. The van der Waals surface area contributed by atoms with E-state index in [0.29, 0.717) is 62.9 Å². The van der Waals surface area contributed by atoms with Gasteiger partial charge in [0.15, 0.2) is 11.2 Å². The molecular formula is C16H26N5O8P. The number of imidazole rings is 1. The number of ether oxygens (including phenoxy) is 4. The second-order valence-corrected chi connectivity index (χ2v) is 7.68. The Morgan fingerprint density at radius 2 is 1.90 bits per heavy atom. The molecule has 0 radical (unpaired) electrons. The highest BCUT2D eigenvalue weighted by atomic mass is 31.2. The molecule has 30 heavy (non-hydrogen) atoms. The summed E-state index contributed by atoms with van der Waals surface area (Å²) in [6.07, 6.45) is 3.37. The van der Waals surface area contributed by atoms with E-state index in [9.17, 15) is 4.57 Å². The maximum Gasteiger partial charge on any atom is 0.469 e. The van der Waals surface area contributed by atoms with Gasteiger partial charge in [-0.1, -0.05) is 0 Å². The Morgan fingerprint density at radius 3 is 2.67 bits per heavy atom. The summed E-state index contributed by atoms with van der Waals surface area (Å²) in [5, 5.41) is 0. The van der Waals surface area contributed by atoms with Gasteiger partial charge in [0, 0.05) is 6.54 Å². The molecule has 0 spiro atoms. The predicted molar refractivity (Wildman–Crippen MR) is 103 cm³/mol. The molecule has 2 aromatic rings. The minimum absolute atomic E-state index is 0.186. The Hall–Kier alpha value is -1.70. The molecule has 0 unspecified atom stereocenters. The van der Waals surface area contributed by atoms with Crippen LogP contribution in [0.1, 0.15) is 19.1 Å². The van der Waals surface area contributed by atoms with Crippen LogP contribution in [0.3, 0.4) is 0 Å². The van der Waals surface area contributed by atoms with Crippen LogP contribution in [0.4, 0.5) is 0 Å². The largest absolute Gasteiger partial charge is 0.474 e. The maximum absolute atomic E-state index is 10.8. The first-order valence-corrected chi connectivity index (χ1v) is 11.0. The third kappa shape index (κ3) is 6.65. The fourth-order valence-electron chi connectivity index (χ4n) is 2.94. The van der Waals surface area contributed by atoms with E-state index in [-0.39, 0.29) is 19.4 Å². The number of hydrogen-bond donors (Lipinski definition) is 3. The zero-order valence-corrected chi connectivity index (χ0v) is 17.2. The van der Waals surface area contributed by atoms with Crippen LogP contribution < -0.4 is 10.5 Å². The molecule has 4 N–H and O–H groups in total. The minimum Gasteiger partial charge on any atom is -0.474 e. The first-order chi connectivity index (χ1) is 14.5. The molecule has 1 saturated heterocycles. The highest BCUT2D eigenvalue weighted by Crippen LogP contribution is 2.38. The first-order valence-electron chi connectivity index (χ1n) is 9.49. The average molecular weight is 447 g/mol. The fraction of sp³-hybridized carbons (Fsp3) is 0.688. The van der Waals surface area contributed by atoms with Crippen molar-refractivity contribution in [1.82, 2.24) is 19.5 Å². The SMILES string of the molecule is NCCOCCOCCOc1ncnc2c1ncn2[C@H]1CC[C@@H](COP(=O)(O)O)O1. The van der Waals surface area contributed by atoms with Crippen LogP contribution in [-0.2, 0) is 23.3 Å². The summed E-state index contributed by atoms with van der Waals surface area (Å²) >= 11 is 0. The van der Waals surface area contributed by atoms with Gasteiger partial charge < -0.3 is 34.5 Å². The van der Waals surface area contributed by atoms with Crippen LogP contribution in [0.5, 0.6) is 5.88 Å². The molecule has 2 atom stereocenters. The first kappa shape index (κ1) is 23.0. The second-order valence-electron chi connectivity index (χ2n) is 6.44. The number of fused-ring (bicyclic) bond motifs is 1. The van der Waals surface area contributed by atoms with Gasteiger partial charge in [0.1, 0.15) is 19.2 Å². The van der Waals surface area contributed by atoms with Gasteiger partial charge in [0.25, 0.3) is 0 Å². The summed E-state index contributed by atoms with van der Waals surface area (Å²) in [5.74, 6) is 0.334. The second kappa shape index (κ2) is 11.1. The van der Waals surface area contributed by atoms with Gasteiger partial charge in [0.2, 0.25) is 5.88 Å². The Morgan fingerprint density at radius 1 is 1.13 bits per heavy atom. The summed E-state index contributed by atoms with van der Waals surface area (Å²) in [7, 11) is -4.53. The van der Waals surface area contributed by atoms with Gasteiger partial charge in [-0.3, -0.25) is 9.09 Å². The highest BCUT2D eigenvalue weighted by Gasteiger charge is 2.30. The topological polar surface area (TPSA) is 173 Å². The van der Waals surface area contributed by atoms with Gasteiger partial charge in [-0.2, -0.15) is 4.98 Å². The van der Waals surface area contributed by atoms with Crippen LogP contribution in [0, 0.1) is 0 Å². The molecular weight excluding hydrogens is 421 g/mol. The summed E-state index contributed by atoms with van der Waals surface area (Å²) in [5.41, 5.74) is 6.36. The predicted octanol–water partition coefficient (Wildman–Crippen LogP) is -0.0161. The fourth-order valence-corrected chi connectivity index (χ4v) is 3.30. The number of nitrogens with two attached hydrogens (primary N) is 1. The molecule has 14 heteroatoms. The molecule has 0 bridgehead atoms. The third-order valence-corrected chi connectivity index (χ3v) is 4.74. The van der Waals surface area contributed by atoms with E-state index in [1.54, 1.807) is 10.9 Å². The number of aromatic nitrogens is 4. The van der Waals surface area contributed by atoms with Crippen molar-refractivity contribution < 1.29 is 37.8 Å². The van der Waals surface area contributed by atoms with E-state index in [4.69, 9.17) is 34.5 Å². The average Bonchev–Trinajstić information content (AvgIpc) is 3.35. The van der Waals surface area contributed by atoms with Crippen molar-refractivity contribution in [3.63, 3.8) is 0 Å². The van der Waals surface area contributed by atoms with E-state index >= 15 is 0 Å². The monoisotopic (exact) mass is 447 g/mol. The molecule has 13 nitrogen and oxygen atoms in total. The van der Waals surface area contributed by atoms with Crippen molar-refractivity contribution in [2.45, 2.75) is 25.2 Å². The van der Waals surface area contributed by atoms with Crippen LogP contribution in [-0.4, -0.2) is 81.6 Å². The quantitative estimate of drug-likeness (QED) is 0.277. The zero-order valence-electron chi connectivity index (χ0n) is 16.3. The molecule has 0 amide bonds.